The van der Waals surface area contributed by atoms with Crippen LogP contribution in [0.3, 0.4) is 0 Å². The number of hydrogen-bond donors (Lipinski definition) is 2. The Bertz CT molecular complexity index is 720. The van der Waals surface area contributed by atoms with Crippen molar-refractivity contribution >= 4 is 17.7 Å². The number of unbranched alkanes of at least 4 members (excludes halogenated alkanes) is 1. The van der Waals surface area contributed by atoms with Crippen molar-refractivity contribution in [3.63, 3.8) is 0 Å². The van der Waals surface area contributed by atoms with Crippen LogP contribution in [-0.2, 0) is 11.3 Å². The van der Waals surface area contributed by atoms with Crippen molar-refractivity contribution in [2.75, 3.05) is 11.4 Å². The molecule has 5 heteroatoms. The molecule has 0 saturated heterocycles. The Morgan fingerprint density at radius 3 is 2.52 bits per heavy atom. The molecule has 5 nitrogen and oxygen atoms in total. The number of nitrogens with zero attached hydrogens (tertiary/aromatic N) is 2. The van der Waals surface area contributed by atoms with Crippen LogP contribution in [0.2, 0.25) is 0 Å². The fourth-order valence-corrected chi connectivity index (χ4v) is 2.64. The minimum Gasteiger partial charge on any atom is -0.494 e. The third kappa shape index (κ3) is 4.66. The van der Waals surface area contributed by atoms with Gasteiger partial charge >= 0.3 is 0 Å². The molecule has 0 aliphatic rings. The molecule has 0 unspecified atom stereocenters. The van der Waals surface area contributed by atoms with E-state index >= 15 is 0 Å². The number of aromatic hydroxyl groups is 2. The van der Waals surface area contributed by atoms with Gasteiger partial charge in [0.2, 0.25) is 5.88 Å². The van der Waals surface area contributed by atoms with Gasteiger partial charge in [0.1, 0.15) is 5.69 Å². The summed E-state index contributed by atoms with van der Waals surface area (Å²) in [5, 5.41) is 20.5. The highest BCUT2D eigenvalue weighted by molar-refractivity contribution is 6.04. The van der Waals surface area contributed by atoms with Crippen molar-refractivity contribution in [2.24, 2.45) is 0 Å². The zero-order chi connectivity index (χ0) is 18.2. The Balaban J connectivity index is 2.28. The molecule has 2 N–H and O–H groups in total. The van der Waals surface area contributed by atoms with Crippen LogP contribution in [0.4, 0.5) is 5.69 Å². The maximum atomic E-state index is 12.7. The highest BCUT2D eigenvalue weighted by atomic mass is 16.3. The first-order valence-electron chi connectivity index (χ1n) is 8.74. The molecule has 134 valence electrons. The van der Waals surface area contributed by atoms with Crippen LogP contribution in [0.1, 0.15) is 38.7 Å². The molecule has 0 radical (unpaired) electrons. The minimum atomic E-state index is -0.221. The van der Waals surface area contributed by atoms with Gasteiger partial charge in [-0.05, 0) is 24.5 Å². The van der Waals surface area contributed by atoms with Gasteiger partial charge in [0.15, 0.2) is 5.88 Å². The lowest BCUT2D eigenvalue weighted by atomic mass is 10.2. The number of rotatable bonds is 8. The lowest BCUT2D eigenvalue weighted by Gasteiger charge is -2.20. The minimum absolute atomic E-state index is 0.0318. The monoisotopic (exact) mass is 342 g/mol. The second-order valence-corrected chi connectivity index (χ2v) is 5.95. The Morgan fingerprint density at radius 1 is 1.16 bits per heavy atom. The van der Waals surface area contributed by atoms with Crippen molar-refractivity contribution in [1.82, 2.24) is 4.57 Å². The van der Waals surface area contributed by atoms with E-state index in [2.05, 4.69) is 0 Å². The molecule has 0 bridgehead atoms. The fraction of sp³-hybridized carbons (Fsp3) is 0.350. The van der Waals surface area contributed by atoms with E-state index in [0.717, 1.165) is 24.8 Å². The first-order valence-corrected chi connectivity index (χ1v) is 8.74. The molecule has 2 aromatic rings. The van der Waals surface area contributed by atoms with Gasteiger partial charge in [-0.15, -0.1) is 0 Å². The van der Waals surface area contributed by atoms with Crippen LogP contribution in [0.5, 0.6) is 11.8 Å². The van der Waals surface area contributed by atoms with E-state index in [1.807, 2.05) is 44.2 Å². The topological polar surface area (TPSA) is 65.7 Å². The number of amides is 1. The third-order valence-corrected chi connectivity index (χ3v) is 3.98. The summed E-state index contributed by atoms with van der Waals surface area (Å²) >= 11 is 0. The maximum Gasteiger partial charge on any atom is 0.251 e. The first kappa shape index (κ1) is 18.6. The zero-order valence-corrected chi connectivity index (χ0v) is 14.9. The molecular formula is C20H26N2O3. The lowest BCUT2D eigenvalue weighted by Crippen LogP contribution is -2.30. The van der Waals surface area contributed by atoms with E-state index < -0.39 is 0 Å². The highest BCUT2D eigenvalue weighted by Gasteiger charge is 2.22. The normalized spacial score (nSPS) is 11.1. The van der Waals surface area contributed by atoms with Gasteiger partial charge in [-0.3, -0.25) is 9.36 Å². The Morgan fingerprint density at radius 2 is 1.88 bits per heavy atom. The molecule has 2 rings (SSSR count). The van der Waals surface area contributed by atoms with Gasteiger partial charge in [-0.2, -0.15) is 0 Å². The van der Waals surface area contributed by atoms with Gasteiger partial charge < -0.3 is 15.1 Å². The number of hydrogen-bond acceptors (Lipinski definition) is 3. The summed E-state index contributed by atoms with van der Waals surface area (Å²) in [5.41, 5.74) is 1.28. The molecule has 1 aromatic heterocycles. The summed E-state index contributed by atoms with van der Waals surface area (Å²) in [6.45, 7) is 4.98. The standard InChI is InChI=1S/C20H26N2O3/c1-3-5-14-21(17-15-19(24)22(13-4-2)20(17)25)18(23)12-11-16-9-7-6-8-10-16/h6-12,15,24-25H,3-5,13-14H2,1-2H3. The van der Waals surface area contributed by atoms with Gasteiger partial charge in [0.05, 0.1) is 0 Å². The summed E-state index contributed by atoms with van der Waals surface area (Å²) in [6.07, 6.45) is 5.75. The van der Waals surface area contributed by atoms with Crippen LogP contribution >= 0.6 is 0 Å². The third-order valence-electron chi connectivity index (χ3n) is 3.98. The number of anilines is 1. The Hall–Kier alpha value is -2.69. The average molecular weight is 342 g/mol. The SMILES string of the molecule is CCCCN(C(=O)C=Cc1ccccc1)c1cc(O)n(CCC)c1O. The van der Waals surface area contributed by atoms with E-state index in [4.69, 9.17) is 0 Å². The van der Waals surface area contributed by atoms with Crippen molar-refractivity contribution in [1.29, 1.82) is 0 Å². The van der Waals surface area contributed by atoms with Gasteiger partial charge in [-0.1, -0.05) is 50.6 Å². The van der Waals surface area contributed by atoms with E-state index in [1.54, 1.807) is 6.08 Å². The summed E-state index contributed by atoms with van der Waals surface area (Å²) in [6, 6.07) is 11.0. The van der Waals surface area contributed by atoms with Crippen molar-refractivity contribution in [3.05, 3.63) is 48.0 Å². The molecule has 0 saturated carbocycles. The molecule has 0 spiro atoms. The quantitative estimate of drug-likeness (QED) is 0.708. The predicted molar refractivity (Wildman–Crippen MR) is 101 cm³/mol. The predicted octanol–water partition coefficient (Wildman–Crippen LogP) is 4.16. The summed E-state index contributed by atoms with van der Waals surface area (Å²) in [4.78, 5) is 14.2. The Kier molecular flexibility index (Phi) is 6.69. The van der Waals surface area contributed by atoms with Gasteiger partial charge in [-0.25, -0.2) is 0 Å². The van der Waals surface area contributed by atoms with Crippen LogP contribution < -0.4 is 4.90 Å². The maximum absolute atomic E-state index is 12.7. The number of carbonyl (C=O) groups excluding carboxylic acids is 1. The highest BCUT2D eigenvalue weighted by Crippen LogP contribution is 2.35. The van der Waals surface area contributed by atoms with Crippen molar-refractivity contribution in [2.45, 2.75) is 39.7 Å². The second kappa shape index (κ2) is 8.97. The molecule has 1 amide bonds. The Labute approximate surface area is 148 Å². The lowest BCUT2D eigenvalue weighted by molar-refractivity contribution is -0.114. The van der Waals surface area contributed by atoms with E-state index in [1.165, 1.54) is 21.6 Å². The van der Waals surface area contributed by atoms with Gasteiger partial charge in [0, 0.05) is 25.2 Å². The van der Waals surface area contributed by atoms with E-state index in [0.29, 0.717) is 18.8 Å². The van der Waals surface area contributed by atoms with E-state index in [-0.39, 0.29) is 17.7 Å². The smallest absolute Gasteiger partial charge is 0.251 e. The van der Waals surface area contributed by atoms with Crippen molar-refractivity contribution < 1.29 is 15.0 Å². The molecule has 0 aliphatic carbocycles. The van der Waals surface area contributed by atoms with Crippen molar-refractivity contribution in [3.8, 4) is 11.8 Å². The number of aromatic nitrogens is 1. The number of benzene rings is 1. The zero-order valence-electron chi connectivity index (χ0n) is 14.9. The molecule has 0 fully saturated rings. The summed E-state index contributed by atoms with van der Waals surface area (Å²) in [5.74, 6) is -0.325. The molecule has 1 heterocycles. The van der Waals surface area contributed by atoms with Crippen LogP contribution in [0.15, 0.2) is 42.5 Å². The molecule has 0 aliphatic heterocycles. The summed E-state index contributed by atoms with van der Waals surface area (Å²) < 4.78 is 1.42. The fourth-order valence-electron chi connectivity index (χ4n) is 2.64. The average Bonchev–Trinajstić information content (AvgIpc) is 2.90. The first-order chi connectivity index (χ1) is 12.1. The van der Waals surface area contributed by atoms with E-state index in [9.17, 15) is 15.0 Å². The molecule has 0 atom stereocenters. The largest absolute Gasteiger partial charge is 0.494 e. The second-order valence-electron chi connectivity index (χ2n) is 5.95. The summed E-state index contributed by atoms with van der Waals surface area (Å²) in [7, 11) is 0. The van der Waals surface area contributed by atoms with Crippen LogP contribution in [-0.4, -0.2) is 27.2 Å². The van der Waals surface area contributed by atoms with Crippen LogP contribution in [0.25, 0.3) is 6.08 Å². The number of carbonyl (C=O) groups is 1. The van der Waals surface area contributed by atoms with Crippen LogP contribution in [0, 0.1) is 0 Å². The molecule has 25 heavy (non-hydrogen) atoms. The van der Waals surface area contributed by atoms with Gasteiger partial charge in [0.25, 0.3) is 5.91 Å². The molecular weight excluding hydrogens is 316 g/mol. The molecule has 1 aromatic carbocycles.